The average molecular weight is 1160 g/mol. The van der Waals surface area contributed by atoms with Gasteiger partial charge in [-0.1, -0.05) is 296 Å². The normalized spacial score (nSPS) is 11.1. The second kappa shape index (κ2) is 28.8. The first-order valence-corrected chi connectivity index (χ1v) is 29.7. The zero-order valence-corrected chi connectivity index (χ0v) is 49.0. The van der Waals surface area contributed by atoms with E-state index in [0.29, 0.717) is 0 Å². The number of fused-ring (bicyclic) bond motifs is 2. The van der Waals surface area contributed by atoms with E-state index in [9.17, 15) is 19.8 Å². The van der Waals surface area contributed by atoms with Gasteiger partial charge in [-0.2, -0.15) is 0 Å². The van der Waals surface area contributed by atoms with Crippen molar-refractivity contribution in [2.45, 2.75) is 41.5 Å². The fourth-order valence-electron chi connectivity index (χ4n) is 8.33. The summed E-state index contributed by atoms with van der Waals surface area (Å²) in [4.78, 5) is 19.8. The summed E-state index contributed by atoms with van der Waals surface area (Å²) in [5.74, 6) is -2.01. The van der Waals surface area contributed by atoms with Gasteiger partial charge in [0.1, 0.15) is 0 Å². The van der Waals surface area contributed by atoms with Crippen LogP contribution in [0.25, 0.3) is 32.7 Å². The van der Waals surface area contributed by atoms with Crippen LogP contribution in [0.4, 0.5) is 0 Å². The number of carboxylic acids is 2. The maximum Gasteiger partial charge on any atom is 2.00 e. The van der Waals surface area contributed by atoms with Gasteiger partial charge < -0.3 is 25.5 Å². The van der Waals surface area contributed by atoms with E-state index >= 15 is 0 Å². The van der Waals surface area contributed by atoms with Crippen molar-refractivity contribution >= 4 is 99.7 Å². The Bertz CT molecular complexity index is 3100. The van der Waals surface area contributed by atoms with E-state index < -0.39 is 38.6 Å². The molecule has 0 unspecified atom stereocenters. The predicted molar refractivity (Wildman–Crippen MR) is 326 cm³/mol. The molecule has 0 radical (unpaired) electrons. The second-order valence-electron chi connectivity index (χ2n) is 20.1. The third kappa shape index (κ3) is 16.1. The first kappa shape index (κ1) is 59.8. The van der Waals surface area contributed by atoms with Gasteiger partial charge in [0, 0.05) is 22.8 Å². The largest absolute Gasteiger partial charge is 2.00 e. The average Bonchev–Trinajstić information content (AvgIpc) is 3.51. The van der Waals surface area contributed by atoms with Crippen molar-refractivity contribution in [3.05, 3.63) is 255 Å². The molecule has 10 aromatic carbocycles. The predicted octanol–water partition coefficient (Wildman–Crippen LogP) is 10.8. The fraction of sp³-hybridized carbons (Fsp3) is 0.147. The topological polar surface area (TPSA) is 106 Å². The second-order valence-corrected chi connectivity index (χ2v) is 26.8. The van der Waals surface area contributed by atoms with Gasteiger partial charge >= 0.3 is 19.5 Å². The molecule has 0 amide bonds. The molecule has 0 aliphatic rings. The number of hydrogen-bond acceptors (Lipinski definition) is 5. The first-order valence-electron chi connectivity index (χ1n) is 25.5. The van der Waals surface area contributed by atoms with Gasteiger partial charge in [0.15, 0.2) is 0 Å². The molecule has 0 spiro atoms. The summed E-state index contributed by atoms with van der Waals surface area (Å²) in [7, 11) is -1.98. The van der Waals surface area contributed by atoms with Crippen molar-refractivity contribution in [3.63, 3.8) is 0 Å². The molecule has 77 heavy (non-hydrogen) atoms. The van der Waals surface area contributed by atoms with Crippen molar-refractivity contribution in [1.82, 2.24) is 0 Å². The van der Waals surface area contributed by atoms with Crippen molar-refractivity contribution in [2.24, 2.45) is 16.6 Å². The molecule has 10 aromatic rings. The van der Waals surface area contributed by atoms with Gasteiger partial charge in [-0.15, -0.1) is 0 Å². The number of nitrogens with two attached hydrogens (primary N) is 1. The van der Waals surface area contributed by atoms with Crippen molar-refractivity contribution in [2.75, 3.05) is 12.7 Å². The van der Waals surface area contributed by atoms with Gasteiger partial charge in [0.25, 0.3) is 0 Å². The van der Waals surface area contributed by atoms with Gasteiger partial charge in [0.05, 0.1) is 0 Å². The van der Waals surface area contributed by atoms with Crippen LogP contribution >= 0.6 is 23.8 Å². The van der Waals surface area contributed by atoms with Crippen LogP contribution in [-0.4, -0.2) is 24.6 Å². The van der Waals surface area contributed by atoms with Crippen molar-refractivity contribution in [3.8, 4) is 11.1 Å². The number of rotatable bonds is 11. The van der Waals surface area contributed by atoms with E-state index in [1.165, 1.54) is 75.1 Å². The minimum absolute atomic E-state index is 0. The molecule has 9 heteroatoms. The van der Waals surface area contributed by atoms with Crippen LogP contribution in [0.5, 0.6) is 0 Å². The molecular formula is C68H66NO4P3Ru. The number of benzene rings is 10. The first-order chi connectivity index (χ1) is 36.7. The summed E-state index contributed by atoms with van der Waals surface area (Å²) in [6, 6.07) is 93.2. The number of aliphatic carboxylic acids is 2. The van der Waals surface area contributed by atoms with E-state index in [2.05, 4.69) is 255 Å². The molecule has 0 bridgehead atoms. The van der Waals surface area contributed by atoms with Gasteiger partial charge in [0.2, 0.25) is 0 Å². The van der Waals surface area contributed by atoms with E-state index in [1.807, 2.05) is 0 Å². The molecule has 0 aromatic heterocycles. The molecule has 0 atom stereocenters. The standard InChI is InChI=1S/C44H32P2.C14H16NP.2C5H10O2.Ru/c1-5-19-35(20-6-1)45(36-21-7-2-8-22-36)41-31-29-33-17-13-15-27-39(33)43(41)44-40-28-16-14-18-34(40)30-32-42(44)46(37-23-9-3-10-24-37)38-25-11-4-12-26-38;15-11-12-16(13-7-3-1-4-8-13)14-9-5-2-6-10-14;2*1-5(2,3)4(6)7;/h1-32H;1-10H,11-12,15H2;2*1-3H3,(H,6,7);/q;;;;+2/p-2. The summed E-state index contributed by atoms with van der Waals surface area (Å²) in [6.07, 6.45) is 1.06. The van der Waals surface area contributed by atoms with E-state index in [4.69, 9.17) is 5.73 Å². The Morgan fingerprint density at radius 3 is 0.844 bits per heavy atom. The van der Waals surface area contributed by atoms with Crippen LogP contribution in [0, 0.1) is 10.8 Å². The number of carboxylic acid groups (broad SMARTS) is 2. The summed E-state index contributed by atoms with van der Waals surface area (Å²) in [5.41, 5.74) is 7.03. The van der Waals surface area contributed by atoms with Crippen LogP contribution in [-0.2, 0) is 29.1 Å². The Kier molecular flexibility index (Phi) is 22.3. The van der Waals surface area contributed by atoms with Gasteiger partial charge in [-0.3, -0.25) is 0 Å². The van der Waals surface area contributed by atoms with Crippen LogP contribution < -0.4 is 58.4 Å². The van der Waals surface area contributed by atoms with Crippen LogP contribution in [0.2, 0.25) is 0 Å². The zero-order valence-electron chi connectivity index (χ0n) is 44.6. The quantitative estimate of drug-likeness (QED) is 0.103. The molecule has 0 saturated carbocycles. The Balaban J connectivity index is 0.000000253. The van der Waals surface area contributed by atoms with Crippen LogP contribution in [0.3, 0.4) is 0 Å². The minimum atomic E-state index is -1.01. The summed E-state index contributed by atoms with van der Waals surface area (Å²) < 4.78 is 0. The molecule has 390 valence electrons. The molecule has 0 saturated heterocycles. The number of hydrogen-bond donors (Lipinski definition) is 1. The van der Waals surface area contributed by atoms with Crippen molar-refractivity contribution in [1.29, 1.82) is 0 Å². The van der Waals surface area contributed by atoms with E-state index in [1.54, 1.807) is 41.5 Å². The SMILES string of the molecule is CC(C)(C)C(=O)[O-].CC(C)(C)C(=O)[O-].NCCP(c1ccccc1)c1ccccc1.[Ru+2].c1ccc(P(c2ccccc2)c2ccc3ccccc3c2-c2c(P(c3ccccc3)c3ccccc3)ccc3ccccc23)cc1. The van der Waals surface area contributed by atoms with E-state index in [-0.39, 0.29) is 27.4 Å². The Labute approximate surface area is 472 Å². The molecule has 10 rings (SSSR count). The Morgan fingerprint density at radius 1 is 0.364 bits per heavy atom. The van der Waals surface area contributed by atoms with Crippen molar-refractivity contribution < 1.29 is 39.3 Å². The zero-order chi connectivity index (χ0) is 54.1. The third-order valence-corrected chi connectivity index (χ3v) is 19.8. The minimum Gasteiger partial charge on any atom is -0.550 e. The summed E-state index contributed by atoms with van der Waals surface area (Å²) in [5, 5.41) is 36.0. The van der Waals surface area contributed by atoms with Crippen LogP contribution in [0.1, 0.15) is 41.5 Å². The summed E-state index contributed by atoms with van der Waals surface area (Å²) >= 11 is 0. The molecule has 0 fully saturated rings. The molecule has 0 aliphatic heterocycles. The third-order valence-electron chi connectivity index (χ3n) is 12.3. The van der Waals surface area contributed by atoms with Crippen LogP contribution in [0.15, 0.2) is 255 Å². The number of carbonyl (C=O) groups excluding carboxylic acids is 2. The Hall–Kier alpha value is -6.47. The fourth-order valence-corrected chi connectivity index (χ4v) is 15.4. The molecule has 0 aliphatic carbocycles. The van der Waals surface area contributed by atoms with E-state index in [0.717, 1.165) is 12.7 Å². The molecule has 5 nitrogen and oxygen atoms in total. The Morgan fingerprint density at radius 2 is 0.597 bits per heavy atom. The monoisotopic (exact) mass is 1160 g/mol. The smallest absolute Gasteiger partial charge is 0.550 e. The number of carbonyl (C=O) groups is 2. The molecular weight excluding hydrogens is 1090 g/mol. The van der Waals surface area contributed by atoms with Gasteiger partial charge in [-0.05, 0) is 112 Å². The maximum absolute atomic E-state index is 9.91. The molecule has 0 heterocycles. The molecule has 2 N–H and O–H groups in total. The van der Waals surface area contributed by atoms with Gasteiger partial charge in [-0.25, -0.2) is 0 Å². The maximum atomic E-state index is 9.91. The summed E-state index contributed by atoms with van der Waals surface area (Å²) in [6.45, 7) is 10.3.